The summed E-state index contributed by atoms with van der Waals surface area (Å²) < 4.78 is 0.931. The maximum atomic E-state index is 10.7. The normalized spacial score (nSPS) is 8.85. The average molecular weight is 332 g/mol. The van der Waals surface area contributed by atoms with Crippen LogP contribution in [-0.4, -0.2) is 5.91 Å². The zero-order valence-electron chi connectivity index (χ0n) is 6.80. The standard InChI is InChI=1S/C8H7ClINO.ClH/c1-5(12)11-6-2-3-7(9)8(10)4-6;/h2-4H,1H3,(H,11,12);1H. The van der Waals surface area contributed by atoms with Gasteiger partial charge in [0.25, 0.3) is 0 Å². The van der Waals surface area contributed by atoms with Gasteiger partial charge in [-0.05, 0) is 40.8 Å². The summed E-state index contributed by atoms with van der Waals surface area (Å²) in [4.78, 5) is 10.7. The fourth-order valence-corrected chi connectivity index (χ4v) is 1.41. The predicted octanol–water partition coefficient (Wildman–Crippen LogP) is 3.32. The van der Waals surface area contributed by atoms with Gasteiger partial charge >= 0.3 is 0 Å². The zero-order chi connectivity index (χ0) is 9.14. The molecule has 0 aromatic heterocycles. The molecular weight excluding hydrogens is 324 g/mol. The molecular formula is C8H8Cl2INO. The zero-order valence-corrected chi connectivity index (χ0v) is 10.5. The number of hydrogen-bond acceptors (Lipinski definition) is 1. The third-order valence-corrected chi connectivity index (χ3v) is 2.78. The smallest absolute Gasteiger partial charge is 0.221 e. The molecule has 2 nitrogen and oxygen atoms in total. The molecule has 1 rings (SSSR count). The van der Waals surface area contributed by atoms with E-state index in [1.165, 1.54) is 6.92 Å². The van der Waals surface area contributed by atoms with Crippen molar-refractivity contribution in [3.63, 3.8) is 0 Å². The van der Waals surface area contributed by atoms with Gasteiger partial charge in [0.1, 0.15) is 0 Å². The summed E-state index contributed by atoms with van der Waals surface area (Å²) in [5.41, 5.74) is 0.774. The van der Waals surface area contributed by atoms with Gasteiger partial charge in [-0.2, -0.15) is 0 Å². The minimum atomic E-state index is -0.0758. The molecule has 0 unspecified atom stereocenters. The van der Waals surface area contributed by atoms with Gasteiger partial charge in [-0.25, -0.2) is 0 Å². The first-order valence-corrected chi connectivity index (χ1v) is 4.78. The van der Waals surface area contributed by atoms with Crippen molar-refractivity contribution in [2.45, 2.75) is 6.92 Å². The first kappa shape index (κ1) is 13.0. The minimum Gasteiger partial charge on any atom is -0.326 e. The molecule has 0 saturated carbocycles. The molecule has 1 N–H and O–H groups in total. The molecule has 0 aliphatic rings. The summed E-state index contributed by atoms with van der Waals surface area (Å²) in [7, 11) is 0. The average Bonchev–Trinajstić information content (AvgIpc) is 1.96. The number of rotatable bonds is 1. The molecule has 0 spiro atoms. The summed E-state index contributed by atoms with van der Waals surface area (Å²) in [6, 6.07) is 5.35. The minimum absolute atomic E-state index is 0. The van der Waals surface area contributed by atoms with E-state index in [0.29, 0.717) is 5.02 Å². The Bertz CT molecular complexity index is 317. The van der Waals surface area contributed by atoms with E-state index >= 15 is 0 Å². The summed E-state index contributed by atoms with van der Waals surface area (Å²) in [5.74, 6) is -0.0758. The van der Waals surface area contributed by atoms with E-state index in [9.17, 15) is 4.79 Å². The molecule has 0 saturated heterocycles. The SMILES string of the molecule is CC(=O)Nc1ccc(Cl)c(I)c1.Cl. The van der Waals surface area contributed by atoms with E-state index in [4.69, 9.17) is 11.6 Å². The number of amides is 1. The number of carbonyl (C=O) groups excluding carboxylic acids is 1. The lowest BCUT2D eigenvalue weighted by Crippen LogP contribution is -2.05. The second-order valence-electron chi connectivity index (χ2n) is 2.31. The Morgan fingerprint density at radius 3 is 2.62 bits per heavy atom. The van der Waals surface area contributed by atoms with Crippen LogP contribution in [0.3, 0.4) is 0 Å². The van der Waals surface area contributed by atoms with Crippen LogP contribution in [0.15, 0.2) is 18.2 Å². The van der Waals surface area contributed by atoms with Crippen LogP contribution in [0.4, 0.5) is 5.69 Å². The van der Waals surface area contributed by atoms with Crippen LogP contribution in [0.2, 0.25) is 5.02 Å². The highest BCUT2D eigenvalue weighted by Gasteiger charge is 1.99. The molecule has 1 aromatic rings. The van der Waals surface area contributed by atoms with E-state index in [1.807, 2.05) is 6.07 Å². The van der Waals surface area contributed by atoms with Crippen molar-refractivity contribution in [3.05, 3.63) is 26.8 Å². The van der Waals surface area contributed by atoms with Crippen molar-refractivity contribution in [2.75, 3.05) is 5.32 Å². The van der Waals surface area contributed by atoms with E-state index in [2.05, 4.69) is 27.9 Å². The van der Waals surface area contributed by atoms with Gasteiger partial charge in [-0.3, -0.25) is 4.79 Å². The Hall–Kier alpha value is -0.0000000000000000555. The lowest BCUT2D eigenvalue weighted by Gasteiger charge is -2.02. The van der Waals surface area contributed by atoms with Gasteiger partial charge in [0, 0.05) is 16.2 Å². The van der Waals surface area contributed by atoms with Crippen molar-refractivity contribution in [1.82, 2.24) is 0 Å². The fourth-order valence-electron chi connectivity index (χ4n) is 0.777. The van der Waals surface area contributed by atoms with Crippen LogP contribution in [0.1, 0.15) is 6.92 Å². The molecule has 0 aliphatic carbocycles. The topological polar surface area (TPSA) is 29.1 Å². The fraction of sp³-hybridized carbons (Fsp3) is 0.125. The summed E-state index contributed by atoms with van der Waals surface area (Å²) >= 11 is 7.91. The molecule has 0 atom stereocenters. The second kappa shape index (κ2) is 5.67. The van der Waals surface area contributed by atoms with Crippen molar-refractivity contribution in [1.29, 1.82) is 0 Å². The van der Waals surface area contributed by atoms with Gasteiger partial charge in [0.15, 0.2) is 0 Å². The monoisotopic (exact) mass is 331 g/mol. The molecule has 1 amide bonds. The Balaban J connectivity index is 0.00000144. The van der Waals surface area contributed by atoms with Gasteiger partial charge in [0.2, 0.25) is 5.91 Å². The van der Waals surface area contributed by atoms with Crippen LogP contribution >= 0.6 is 46.6 Å². The van der Waals surface area contributed by atoms with Crippen LogP contribution < -0.4 is 5.32 Å². The highest BCUT2D eigenvalue weighted by atomic mass is 127. The van der Waals surface area contributed by atoms with E-state index in [1.54, 1.807) is 12.1 Å². The highest BCUT2D eigenvalue weighted by molar-refractivity contribution is 14.1. The molecule has 0 radical (unpaired) electrons. The number of benzene rings is 1. The molecule has 72 valence electrons. The number of hydrogen-bond donors (Lipinski definition) is 1. The summed E-state index contributed by atoms with van der Waals surface area (Å²) in [6.45, 7) is 1.47. The molecule has 0 heterocycles. The Morgan fingerprint density at radius 1 is 1.54 bits per heavy atom. The molecule has 13 heavy (non-hydrogen) atoms. The lowest BCUT2D eigenvalue weighted by molar-refractivity contribution is -0.114. The molecule has 1 aromatic carbocycles. The van der Waals surface area contributed by atoms with Crippen LogP contribution in [-0.2, 0) is 4.79 Å². The van der Waals surface area contributed by atoms with Crippen LogP contribution in [0.5, 0.6) is 0 Å². The second-order valence-corrected chi connectivity index (χ2v) is 3.88. The molecule has 0 aliphatic heterocycles. The maximum absolute atomic E-state index is 10.7. The summed E-state index contributed by atoms with van der Waals surface area (Å²) in [6.07, 6.45) is 0. The third kappa shape index (κ3) is 4.15. The maximum Gasteiger partial charge on any atom is 0.221 e. The first-order valence-electron chi connectivity index (χ1n) is 3.32. The lowest BCUT2D eigenvalue weighted by atomic mass is 10.3. The third-order valence-electron chi connectivity index (χ3n) is 1.24. The van der Waals surface area contributed by atoms with E-state index < -0.39 is 0 Å². The molecule has 0 bridgehead atoms. The van der Waals surface area contributed by atoms with Crippen LogP contribution in [0.25, 0.3) is 0 Å². The van der Waals surface area contributed by atoms with Crippen molar-refractivity contribution in [2.24, 2.45) is 0 Å². The van der Waals surface area contributed by atoms with Gasteiger partial charge in [-0.1, -0.05) is 11.6 Å². The van der Waals surface area contributed by atoms with E-state index in [-0.39, 0.29) is 18.3 Å². The van der Waals surface area contributed by atoms with E-state index in [0.717, 1.165) is 9.26 Å². The number of halogens is 3. The Kier molecular flexibility index (Phi) is 5.67. The number of anilines is 1. The van der Waals surface area contributed by atoms with Gasteiger partial charge in [0.05, 0.1) is 5.02 Å². The predicted molar refractivity (Wildman–Crippen MR) is 65.7 cm³/mol. The number of carbonyl (C=O) groups is 1. The first-order chi connectivity index (χ1) is 5.59. The van der Waals surface area contributed by atoms with Gasteiger partial charge < -0.3 is 5.32 Å². The van der Waals surface area contributed by atoms with Crippen molar-refractivity contribution in [3.8, 4) is 0 Å². The summed E-state index contributed by atoms with van der Waals surface area (Å²) in [5, 5.41) is 3.37. The number of nitrogens with one attached hydrogen (secondary N) is 1. The van der Waals surface area contributed by atoms with Gasteiger partial charge in [-0.15, -0.1) is 12.4 Å². The highest BCUT2D eigenvalue weighted by Crippen LogP contribution is 2.21. The molecule has 0 fully saturated rings. The van der Waals surface area contributed by atoms with Crippen molar-refractivity contribution >= 4 is 58.2 Å². The van der Waals surface area contributed by atoms with Crippen molar-refractivity contribution < 1.29 is 4.79 Å². The molecule has 5 heteroatoms. The quantitative estimate of drug-likeness (QED) is 0.786. The Labute approximate surface area is 102 Å². The largest absolute Gasteiger partial charge is 0.326 e. The Morgan fingerprint density at radius 2 is 2.15 bits per heavy atom. The van der Waals surface area contributed by atoms with Crippen LogP contribution in [0, 0.1) is 3.57 Å².